The molecule has 0 unspecified atom stereocenters. The first kappa shape index (κ1) is 17.9. The van der Waals surface area contributed by atoms with Crippen LogP contribution in [0.1, 0.15) is 34.3 Å². The van der Waals surface area contributed by atoms with Crippen molar-refractivity contribution < 1.29 is 19.4 Å². The predicted molar refractivity (Wildman–Crippen MR) is 93.8 cm³/mol. The largest absolute Gasteiger partial charge is 0.480 e. The second kappa shape index (κ2) is 7.54. The van der Waals surface area contributed by atoms with Crippen molar-refractivity contribution >= 4 is 11.9 Å². The Morgan fingerprint density at radius 2 is 1.72 bits per heavy atom. The maximum absolute atomic E-state index is 12.9. The number of ether oxygens (including phenoxy) is 1. The Bertz CT molecular complexity index is 635. The molecular weight excluding hydrogens is 320 g/mol. The highest BCUT2D eigenvalue weighted by Gasteiger charge is 2.38. The van der Waals surface area contributed by atoms with Crippen LogP contribution in [0, 0.1) is 13.8 Å². The number of aryl methyl sites for hydroxylation is 2. The number of nitrogens with zero attached hydrogens (tertiary/aromatic N) is 2. The summed E-state index contributed by atoms with van der Waals surface area (Å²) in [5, 5.41) is 9.69. The molecule has 6 nitrogen and oxygen atoms in total. The lowest BCUT2D eigenvalue weighted by molar-refractivity contribution is -0.144. The van der Waals surface area contributed by atoms with Crippen molar-refractivity contribution in [2.75, 3.05) is 32.8 Å². The van der Waals surface area contributed by atoms with Crippen LogP contribution >= 0.6 is 0 Å². The van der Waals surface area contributed by atoms with Gasteiger partial charge < -0.3 is 14.7 Å². The maximum Gasteiger partial charge on any atom is 0.326 e. The standard InChI is InChI=1S/C19H26N2O4/c1-13-9-14(2)11-15(10-13)18(22)21-4-3-16(12-17(21)19(23)24)20-5-7-25-8-6-20/h9-11,16-17H,3-8,12H2,1-2H3,(H,23,24)/t16-,17+/m1/s1. The number of hydrogen-bond acceptors (Lipinski definition) is 4. The Labute approximate surface area is 148 Å². The summed E-state index contributed by atoms with van der Waals surface area (Å²) >= 11 is 0. The van der Waals surface area contributed by atoms with E-state index in [9.17, 15) is 14.7 Å². The molecule has 1 aromatic carbocycles. The van der Waals surface area contributed by atoms with Gasteiger partial charge in [-0.15, -0.1) is 0 Å². The molecule has 25 heavy (non-hydrogen) atoms. The van der Waals surface area contributed by atoms with Crippen LogP contribution in [0.2, 0.25) is 0 Å². The van der Waals surface area contributed by atoms with Crippen molar-refractivity contribution in [1.82, 2.24) is 9.80 Å². The van der Waals surface area contributed by atoms with Gasteiger partial charge in [-0.1, -0.05) is 17.2 Å². The fraction of sp³-hybridized carbons (Fsp3) is 0.579. The Morgan fingerprint density at radius 3 is 2.32 bits per heavy atom. The van der Waals surface area contributed by atoms with Gasteiger partial charge in [-0.25, -0.2) is 4.79 Å². The van der Waals surface area contributed by atoms with E-state index in [0.29, 0.717) is 31.7 Å². The van der Waals surface area contributed by atoms with Crippen LogP contribution in [0.5, 0.6) is 0 Å². The smallest absolute Gasteiger partial charge is 0.326 e. The van der Waals surface area contributed by atoms with Gasteiger partial charge >= 0.3 is 5.97 Å². The highest BCUT2D eigenvalue weighted by molar-refractivity contribution is 5.97. The Hall–Kier alpha value is -1.92. The summed E-state index contributed by atoms with van der Waals surface area (Å²) in [4.78, 5) is 28.6. The van der Waals surface area contributed by atoms with E-state index in [1.54, 1.807) is 0 Å². The normalized spacial score (nSPS) is 25.0. The Kier molecular flexibility index (Phi) is 5.39. The number of carboxylic acids is 1. The summed E-state index contributed by atoms with van der Waals surface area (Å²) < 4.78 is 5.38. The molecule has 0 aromatic heterocycles. The molecule has 6 heteroatoms. The van der Waals surface area contributed by atoms with Crippen molar-refractivity contribution in [3.63, 3.8) is 0 Å². The lowest BCUT2D eigenvalue weighted by atomic mass is 9.94. The summed E-state index contributed by atoms with van der Waals surface area (Å²) in [5.41, 5.74) is 2.60. The minimum atomic E-state index is -0.921. The molecule has 2 fully saturated rings. The Balaban J connectivity index is 1.76. The van der Waals surface area contributed by atoms with Gasteiger partial charge in [-0.05, 0) is 38.8 Å². The number of morpholine rings is 1. The van der Waals surface area contributed by atoms with E-state index >= 15 is 0 Å². The molecule has 0 bridgehead atoms. The summed E-state index contributed by atoms with van der Waals surface area (Å²) in [5.74, 6) is -1.10. The van der Waals surface area contributed by atoms with E-state index in [2.05, 4.69) is 4.90 Å². The fourth-order valence-corrected chi connectivity index (χ4v) is 3.96. The molecule has 136 valence electrons. The lowest BCUT2D eigenvalue weighted by Crippen LogP contribution is -2.56. The monoisotopic (exact) mass is 346 g/mol. The fourth-order valence-electron chi connectivity index (χ4n) is 3.96. The molecule has 0 saturated carbocycles. The first-order chi connectivity index (χ1) is 12.0. The molecule has 2 heterocycles. The first-order valence-corrected chi connectivity index (χ1v) is 8.89. The molecule has 2 saturated heterocycles. The van der Waals surface area contributed by atoms with E-state index in [0.717, 1.165) is 30.6 Å². The second-order valence-corrected chi connectivity index (χ2v) is 7.06. The van der Waals surface area contributed by atoms with Gasteiger partial charge in [-0.2, -0.15) is 0 Å². The minimum absolute atomic E-state index is 0.181. The number of benzene rings is 1. The molecule has 0 spiro atoms. The third kappa shape index (κ3) is 4.02. The SMILES string of the molecule is Cc1cc(C)cc(C(=O)N2CC[C@@H](N3CCOCC3)C[C@H]2C(=O)O)c1. The number of aliphatic carboxylic acids is 1. The lowest BCUT2D eigenvalue weighted by Gasteiger charge is -2.43. The van der Waals surface area contributed by atoms with E-state index < -0.39 is 12.0 Å². The van der Waals surface area contributed by atoms with Gasteiger partial charge in [0.05, 0.1) is 13.2 Å². The number of carbonyl (C=O) groups is 2. The van der Waals surface area contributed by atoms with Gasteiger partial charge in [0.25, 0.3) is 5.91 Å². The number of piperidine rings is 1. The summed E-state index contributed by atoms with van der Waals surface area (Å²) in [7, 11) is 0. The zero-order valence-corrected chi connectivity index (χ0v) is 14.9. The molecule has 1 aromatic rings. The molecule has 1 N–H and O–H groups in total. The zero-order valence-electron chi connectivity index (χ0n) is 14.9. The summed E-state index contributed by atoms with van der Waals surface area (Å²) in [6.45, 7) is 7.43. The highest BCUT2D eigenvalue weighted by atomic mass is 16.5. The molecule has 2 atom stereocenters. The molecule has 0 aliphatic carbocycles. The van der Waals surface area contributed by atoms with E-state index in [4.69, 9.17) is 4.74 Å². The second-order valence-electron chi connectivity index (χ2n) is 7.06. The molecular formula is C19H26N2O4. The van der Waals surface area contributed by atoms with Gasteiger partial charge in [0, 0.05) is 31.2 Å². The van der Waals surface area contributed by atoms with Crippen LogP contribution in [0.4, 0.5) is 0 Å². The van der Waals surface area contributed by atoms with Crippen LogP contribution in [-0.2, 0) is 9.53 Å². The number of carboxylic acid groups (broad SMARTS) is 1. The third-order valence-electron chi connectivity index (χ3n) is 5.15. The molecule has 2 aliphatic heterocycles. The van der Waals surface area contributed by atoms with Crippen molar-refractivity contribution in [3.05, 3.63) is 34.9 Å². The average molecular weight is 346 g/mol. The highest BCUT2D eigenvalue weighted by Crippen LogP contribution is 2.25. The van der Waals surface area contributed by atoms with E-state index in [1.807, 2.05) is 32.0 Å². The molecule has 1 amide bonds. The van der Waals surface area contributed by atoms with Gasteiger partial charge in [0.1, 0.15) is 6.04 Å². The average Bonchev–Trinajstić information content (AvgIpc) is 2.60. The van der Waals surface area contributed by atoms with Crippen LogP contribution in [-0.4, -0.2) is 71.7 Å². The Morgan fingerprint density at radius 1 is 1.08 bits per heavy atom. The van der Waals surface area contributed by atoms with Gasteiger partial charge in [-0.3, -0.25) is 9.69 Å². The van der Waals surface area contributed by atoms with Crippen LogP contribution < -0.4 is 0 Å². The van der Waals surface area contributed by atoms with Crippen molar-refractivity contribution in [2.24, 2.45) is 0 Å². The number of carbonyl (C=O) groups excluding carboxylic acids is 1. The molecule has 0 radical (unpaired) electrons. The summed E-state index contributed by atoms with van der Waals surface area (Å²) in [6.07, 6.45) is 1.28. The number of rotatable bonds is 3. The zero-order chi connectivity index (χ0) is 18.0. The molecule has 2 aliphatic rings. The minimum Gasteiger partial charge on any atom is -0.480 e. The van der Waals surface area contributed by atoms with E-state index in [1.165, 1.54) is 4.90 Å². The topological polar surface area (TPSA) is 70.1 Å². The van der Waals surface area contributed by atoms with E-state index in [-0.39, 0.29) is 11.9 Å². The number of likely N-dealkylation sites (tertiary alicyclic amines) is 1. The van der Waals surface area contributed by atoms with Crippen molar-refractivity contribution in [1.29, 1.82) is 0 Å². The van der Waals surface area contributed by atoms with Crippen molar-refractivity contribution in [3.8, 4) is 0 Å². The maximum atomic E-state index is 12.9. The van der Waals surface area contributed by atoms with Gasteiger partial charge in [0.2, 0.25) is 0 Å². The first-order valence-electron chi connectivity index (χ1n) is 8.89. The van der Waals surface area contributed by atoms with Crippen LogP contribution in [0.15, 0.2) is 18.2 Å². The quantitative estimate of drug-likeness (QED) is 0.902. The van der Waals surface area contributed by atoms with Crippen LogP contribution in [0.3, 0.4) is 0 Å². The summed E-state index contributed by atoms with van der Waals surface area (Å²) in [6, 6.07) is 5.11. The number of amides is 1. The predicted octanol–water partition coefficient (Wildman–Crippen LogP) is 1.69. The number of hydrogen-bond donors (Lipinski definition) is 1. The third-order valence-corrected chi connectivity index (χ3v) is 5.15. The van der Waals surface area contributed by atoms with Crippen molar-refractivity contribution in [2.45, 2.75) is 38.8 Å². The molecule has 3 rings (SSSR count). The van der Waals surface area contributed by atoms with Crippen LogP contribution in [0.25, 0.3) is 0 Å². The van der Waals surface area contributed by atoms with Gasteiger partial charge in [0.15, 0.2) is 0 Å².